The number of nitrogens with zero attached hydrogens (tertiary/aromatic N) is 3. The molecule has 150 valence electrons. The maximum absolute atomic E-state index is 11.9. The van der Waals surface area contributed by atoms with Gasteiger partial charge in [0.15, 0.2) is 0 Å². The number of carbonyl (C=O) groups excluding carboxylic acids is 1. The molecule has 0 saturated heterocycles. The van der Waals surface area contributed by atoms with Crippen LogP contribution in [-0.4, -0.2) is 37.7 Å². The zero-order valence-electron chi connectivity index (χ0n) is 16.3. The molecule has 7 heteroatoms. The number of anilines is 1. The number of aliphatic hydroxyl groups is 2. The van der Waals surface area contributed by atoms with Gasteiger partial charge in [0, 0.05) is 47.5 Å². The summed E-state index contributed by atoms with van der Waals surface area (Å²) in [6, 6.07) is 5.64. The highest BCUT2D eigenvalue weighted by molar-refractivity contribution is 5.95. The van der Waals surface area contributed by atoms with E-state index in [2.05, 4.69) is 20.3 Å². The van der Waals surface area contributed by atoms with Crippen LogP contribution >= 0.6 is 0 Å². The largest absolute Gasteiger partial charge is 0.396 e. The summed E-state index contributed by atoms with van der Waals surface area (Å²) in [7, 11) is 0. The Hall–Kier alpha value is -2.90. The predicted molar refractivity (Wildman–Crippen MR) is 110 cm³/mol. The zero-order chi connectivity index (χ0) is 20.4. The fraction of sp³-hybridized carbons (Fsp3) is 0.364. The van der Waals surface area contributed by atoms with Crippen molar-refractivity contribution in [2.45, 2.75) is 38.7 Å². The topological polar surface area (TPSA) is 108 Å². The van der Waals surface area contributed by atoms with Crippen molar-refractivity contribution in [2.24, 2.45) is 5.92 Å². The Morgan fingerprint density at radius 2 is 1.90 bits per heavy atom. The van der Waals surface area contributed by atoms with Gasteiger partial charge in [-0.1, -0.05) is 0 Å². The monoisotopic (exact) mass is 392 g/mol. The van der Waals surface area contributed by atoms with Crippen LogP contribution in [0.5, 0.6) is 0 Å². The smallest absolute Gasteiger partial charge is 0.228 e. The summed E-state index contributed by atoms with van der Waals surface area (Å²) < 4.78 is 0. The first-order chi connectivity index (χ1) is 14.0. The lowest BCUT2D eigenvalue weighted by Gasteiger charge is -2.12. The minimum atomic E-state index is -0.687. The number of aromatic nitrogens is 3. The Balaban J connectivity index is 1.56. The molecule has 0 spiro atoms. The predicted octanol–water partition coefficient (Wildman–Crippen LogP) is 3.15. The van der Waals surface area contributed by atoms with Crippen molar-refractivity contribution in [3.63, 3.8) is 0 Å². The Morgan fingerprint density at radius 1 is 1.14 bits per heavy atom. The van der Waals surface area contributed by atoms with Crippen molar-refractivity contribution in [3.05, 3.63) is 48.0 Å². The first-order valence-corrected chi connectivity index (χ1v) is 9.87. The normalized spacial score (nSPS) is 14.7. The number of rotatable bonds is 7. The summed E-state index contributed by atoms with van der Waals surface area (Å²) >= 11 is 0. The Morgan fingerprint density at radius 3 is 2.62 bits per heavy atom. The van der Waals surface area contributed by atoms with Crippen molar-refractivity contribution >= 4 is 22.5 Å². The van der Waals surface area contributed by atoms with Crippen molar-refractivity contribution in [2.75, 3.05) is 11.9 Å². The summed E-state index contributed by atoms with van der Waals surface area (Å²) in [6.07, 6.45) is 7.45. The van der Waals surface area contributed by atoms with Crippen LogP contribution in [0.25, 0.3) is 22.0 Å². The number of amides is 1. The molecule has 3 aromatic rings. The average molecular weight is 392 g/mol. The number of nitrogens with one attached hydrogen (secondary N) is 1. The third kappa shape index (κ3) is 4.41. The first-order valence-electron chi connectivity index (χ1n) is 9.87. The lowest BCUT2D eigenvalue weighted by molar-refractivity contribution is -0.117. The molecule has 1 amide bonds. The zero-order valence-corrected chi connectivity index (χ0v) is 16.3. The van der Waals surface area contributed by atoms with Gasteiger partial charge in [-0.3, -0.25) is 14.8 Å². The van der Waals surface area contributed by atoms with E-state index in [1.54, 1.807) is 18.6 Å². The Labute approximate surface area is 168 Å². The van der Waals surface area contributed by atoms with Crippen molar-refractivity contribution in [1.29, 1.82) is 0 Å². The van der Waals surface area contributed by atoms with Crippen LogP contribution in [0.1, 0.15) is 43.0 Å². The second-order valence-corrected chi connectivity index (χ2v) is 7.56. The van der Waals surface area contributed by atoms with Gasteiger partial charge in [0.1, 0.15) is 5.82 Å². The molecule has 0 unspecified atom stereocenters. The number of fused-ring (bicyclic) bond motifs is 1. The third-order valence-electron chi connectivity index (χ3n) is 5.19. The molecule has 3 heterocycles. The second-order valence-electron chi connectivity index (χ2n) is 7.56. The number of aliphatic hydroxyl groups excluding tert-OH is 2. The van der Waals surface area contributed by atoms with E-state index in [1.165, 1.54) is 0 Å². The SMILES string of the molecule is Cc1cc([C@H](O)CCCO)ncc1-c1cc2cnc(NC(=O)C3CC3)cc2cn1. The summed E-state index contributed by atoms with van der Waals surface area (Å²) in [6.45, 7) is 2.01. The van der Waals surface area contributed by atoms with E-state index >= 15 is 0 Å². The summed E-state index contributed by atoms with van der Waals surface area (Å²) in [4.78, 5) is 25.2. The quantitative estimate of drug-likeness (QED) is 0.570. The minimum Gasteiger partial charge on any atom is -0.396 e. The van der Waals surface area contributed by atoms with Gasteiger partial charge in [-0.2, -0.15) is 0 Å². The summed E-state index contributed by atoms with van der Waals surface area (Å²) in [5.74, 6) is 0.709. The molecular formula is C22H24N4O3. The van der Waals surface area contributed by atoms with Gasteiger partial charge in [-0.25, -0.2) is 4.98 Å². The van der Waals surface area contributed by atoms with Gasteiger partial charge >= 0.3 is 0 Å². The molecule has 29 heavy (non-hydrogen) atoms. The number of carbonyl (C=O) groups is 1. The molecule has 7 nitrogen and oxygen atoms in total. The van der Waals surface area contributed by atoms with E-state index in [1.807, 2.05) is 25.1 Å². The molecule has 1 atom stereocenters. The molecule has 1 aliphatic rings. The highest BCUT2D eigenvalue weighted by atomic mass is 16.3. The molecule has 4 rings (SSSR count). The molecule has 0 bridgehead atoms. The van der Waals surface area contributed by atoms with Gasteiger partial charge in [-0.15, -0.1) is 0 Å². The number of aryl methyl sites for hydroxylation is 1. The van der Waals surface area contributed by atoms with E-state index in [4.69, 9.17) is 5.11 Å². The third-order valence-corrected chi connectivity index (χ3v) is 5.19. The Bertz CT molecular complexity index is 1050. The molecule has 1 saturated carbocycles. The van der Waals surface area contributed by atoms with Crippen LogP contribution in [-0.2, 0) is 4.79 Å². The lowest BCUT2D eigenvalue weighted by atomic mass is 10.0. The maximum Gasteiger partial charge on any atom is 0.228 e. The molecule has 1 aliphatic carbocycles. The average Bonchev–Trinajstić information content (AvgIpc) is 3.57. The maximum atomic E-state index is 11.9. The second kappa shape index (κ2) is 8.23. The molecule has 3 N–H and O–H groups in total. The fourth-order valence-electron chi connectivity index (χ4n) is 3.29. The molecule has 3 aromatic heterocycles. The van der Waals surface area contributed by atoms with E-state index in [0.29, 0.717) is 24.4 Å². The van der Waals surface area contributed by atoms with E-state index < -0.39 is 6.10 Å². The molecule has 1 fully saturated rings. The van der Waals surface area contributed by atoms with Crippen LogP contribution in [0.4, 0.5) is 5.82 Å². The lowest BCUT2D eigenvalue weighted by Crippen LogP contribution is -2.14. The minimum absolute atomic E-state index is 0.0318. The van der Waals surface area contributed by atoms with Crippen LogP contribution in [0.2, 0.25) is 0 Å². The highest BCUT2D eigenvalue weighted by Crippen LogP contribution is 2.31. The standard InChI is InChI=1S/C22H24N4O3/c1-13-7-19(20(28)3-2-6-27)24-12-17(13)18-8-15-11-25-21(9-16(15)10-23-18)26-22(29)14-4-5-14/h7-12,14,20,27-28H,2-6H2,1H3,(H,25,26,29)/t20-/m1/s1. The van der Waals surface area contributed by atoms with E-state index in [-0.39, 0.29) is 18.4 Å². The molecular weight excluding hydrogens is 368 g/mol. The van der Waals surface area contributed by atoms with Crippen LogP contribution in [0.3, 0.4) is 0 Å². The highest BCUT2D eigenvalue weighted by Gasteiger charge is 2.29. The fourth-order valence-corrected chi connectivity index (χ4v) is 3.29. The van der Waals surface area contributed by atoms with Gasteiger partial charge in [0.2, 0.25) is 5.91 Å². The number of hydrogen-bond acceptors (Lipinski definition) is 6. The molecule has 0 radical (unpaired) electrons. The van der Waals surface area contributed by atoms with E-state index in [9.17, 15) is 9.90 Å². The molecule has 0 aromatic carbocycles. The van der Waals surface area contributed by atoms with Gasteiger partial charge in [0.05, 0.1) is 17.5 Å². The Kier molecular flexibility index (Phi) is 5.51. The first kappa shape index (κ1) is 19.4. The van der Waals surface area contributed by atoms with Crippen LogP contribution in [0.15, 0.2) is 36.8 Å². The van der Waals surface area contributed by atoms with Crippen LogP contribution in [0, 0.1) is 12.8 Å². The molecule has 0 aliphatic heterocycles. The van der Waals surface area contributed by atoms with Crippen LogP contribution < -0.4 is 5.32 Å². The van der Waals surface area contributed by atoms with Crippen molar-refractivity contribution in [1.82, 2.24) is 15.0 Å². The van der Waals surface area contributed by atoms with E-state index in [0.717, 1.165) is 40.4 Å². The summed E-state index contributed by atoms with van der Waals surface area (Å²) in [5, 5.41) is 23.8. The number of pyridine rings is 3. The number of hydrogen-bond donors (Lipinski definition) is 3. The van der Waals surface area contributed by atoms with Gasteiger partial charge in [-0.05, 0) is 56.4 Å². The van der Waals surface area contributed by atoms with Crippen molar-refractivity contribution in [3.8, 4) is 11.3 Å². The van der Waals surface area contributed by atoms with Crippen molar-refractivity contribution < 1.29 is 15.0 Å². The van der Waals surface area contributed by atoms with Gasteiger partial charge < -0.3 is 15.5 Å². The summed E-state index contributed by atoms with van der Waals surface area (Å²) in [5.41, 5.74) is 3.22. The van der Waals surface area contributed by atoms with Gasteiger partial charge in [0.25, 0.3) is 0 Å².